The number of thiophene rings is 1. The number of carbonyl (C=O) groups is 1. The first-order chi connectivity index (χ1) is 13.7. The molecular weight excluding hydrogens is 370 g/mol. The van der Waals surface area contributed by atoms with Crippen LogP contribution in [0.25, 0.3) is 0 Å². The lowest BCUT2D eigenvalue weighted by atomic mass is 10.1. The minimum absolute atomic E-state index is 0.333. The average molecular weight is 404 g/mol. The molecule has 2 rings (SSSR count). The number of carbonyl (C=O) groups excluding carboxylic acids is 1. The molecule has 5 heteroatoms. The Morgan fingerprint density at radius 1 is 1.18 bits per heavy atom. The van der Waals surface area contributed by atoms with E-state index < -0.39 is 12.1 Å². The molecule has 1 aliphatic heterocycles. The van der Waals surface area contributed by atoms with Crippen molar-refractivity contribution < 1.29 is 14.3 Å². The van der Waals surface area contributed by atoms with E-state index in [1.165, 1.54) is 51.4 Å². The summed E-state index contributed by atoms with van der Waals surface area (Å²) in [5, 5.41) is 2.02. The number of unbranched alkanes of at least 4 members (excludes halogenated alkanes) is 8. The number of hydrogen-bond acceptors (Lipinski definition) is 5. The largest absolute Gasteiger partial charge is 0.469 e. The molecular formula is C23H33NO3S. The molecule has 2 heterocycles. The highest BCUT2D eigenvalue weighted by Crippen LogP contribution is 2.34. The van der Waals surface area contributed by atoms with Crippen LogP contribution in [0.1, 0.15) is 95.1 Å². The maximum atomic E-state index is 12.1. The average Bonchev–Trinajstić information content (AvgIpc) is 3.30. The SMILES string of the molecule is CCCCCCCCCCC#Cc1csc(C2OC(C)=NC2C(=O)OCC)c1. The van der Waals surface area contributed by atoms with E-state index in [9.17, 15) is 4.79 Å². The molecule has 2 atom stereocenters. The molecule has 0 spiro atoms. The van der Waals surface area contributed by atoms with Crippen LogP contribution in [0.5, 0.6) is 0 Å². The normalized spacial score (nSPS) is 18.2. The van der Waals surface area contributed by atoms with E-state index in [0.717, 1.165) is 16.9 Å². The summed E-state index contributed by atoms with van der Waals surface area (Å²) >= 11 is 1.56. The van der Waals surface area contributed by atoms with Gasteiger partial charge in [-0.3, -0.25) is 0 Å². The Bertz CT molecular complexity index is 698. The summed E-state index contributed by atoms with van der Waals surface area (Å²) in [7, 11) is 0. The van der Waals surface area contributed by atoms with Crippen molar-refractivity contribution >= 4 is 23.2 Å². The molecule has 0 aliphatic carbocycles. The van der Waals surface area contributed by atoms with Crippen molar-refractivity contribution in [2.75, 3.05) is 6.61 Å². The highest BCUT2D eigenvalue weighted by atomic mass is 32.1. The van der Waals surface area contributed by atoms with Crippen LogP contribution in [0.15, 0.2) is 16.4 Å². The molecule has 154 valence electrons. The van der Waals surface area contributed by atoms with Crippen LogP contribution in [-0.4, -0.2) is 24.5 Å². The molecule has 0 saturated carbocycles. The summed E-state index contributed by atoms with van der Waals surface area (Å²) in [5.41, 5.74) is 0.982. The first-order valence-corrected chi connectivity index (χ1v) is 11.5. The van der Waals surface area contributed by atoms with E-state index in [0.29, 0.717) is 12.5 Å². The highest BCUT2D eigenvalue weighted by Gasteiger charge is 2.38. The zero-order valence-electron chi connectivity index (χ0n) is 17.5. The zero-order chi connectivity index (χ0) is 20.2. The molecule has 0 radical (unpaired) electrons. The van der Waals surface area contributed by atoms with Crippen molar-refractivity contribution in [1.29, 1.82) is 0 Å². The molecule has 1 aromatic rings. The fraction of sp³-hybridized carbons (Fsp3) is 0.652. The Hall–Kier alpha value is -1.80. The van der Waals surface area contributed by atoms with Gasteiger partial charge in [0.1, 0.15) is 0 Å². The molecule has 1 aliphatic rings. The maximum absolute atomic E-state index is 12.1. The van der Waals surface area contributed by atoms with Crippen molar-refractivity contribution in [3.63, 3.8) is 0 Å². The Balaban J connectivity index is 1.75. The Labute approximate surface area is 173 Å². The lowest BCUT2D eigenvalue weighted by Gasteiger charge is -2.14. The van der Waals surface area contributed by atoms with Crippen LogP contribution < -0.4 is 0 Å². The van der Waals surface area contributed by atoms with Gasteiger partial charge in [0, 0.05) is 29.2 Å². The maximum Gasteiger partial charge on any atom is 0.335 e. The van der Waals surface area contributed by atoms with Crippen LogP contribution in [0.2, 0.25) is 0 Å². The van der Waals surface area contributed by atoms with Crippen LogP contribution in [0, 0.1) is 11.8 Å². The van der Waals surface area contributed by atoms with Gasteiger partial charge in [-0.05, 0) is 19.4 Å². The van der Waals surface area contributed by atoms with Gasteiger partial charge in [-0.1, -0.05) is 63.7 Å². The monoisotopic (exact) mass is 403 g/mol. The topological polar surface area (TPSA) is 47.9 Å². The Morgan fingerprint density at radius 2 is 1.89 bits per heavy atom. The fourth-order valence-electron chi connectivity index (χ4n) is 3.24. The van der Waals surface area contributed by atoms with Gasteiger partial charge in [-0.2, -0.15) is 0 Å². The quantitative estimate of drug-likeness (QED) is 0.257. The predicted octanol–water partition coefficient (Wildman–Crippen LogP) is 6.05. The minimum atomic E-state index is -0.614. The molecule has 2 unspecified atom stereocenters. The lowest BCUT2D eigenvalue weighted by molar-refractivity contribution is -0.146. The smallest absolute Gasteiger partial charge is 0.335 e. The van der Waals surface area contributed by atoms with Crippen molar-refractivity contribution in [2.45, 2.75) is 90.7 Å². The second kappa shape index (κ2) is 12.6. The summed E-state index contributed by atoms with van der Waals surface area (Å²) in [4.78, 5) is 17.4. The number of nitrogens with zero attached hydrogens (tertiary/aromatic N) is 1. The second-order valence-electron chi connectivity index (χ2n) is 7.15. The molecule has 28 heavy (non-hydrogen) atoms. The third-order valence-corrected chi connectivity index (χ3v) is 5.72. The van der Waals surface area contributed by atoms with Crippen LogP contribution in [-0.2, 0) is 14.3 Å². The van der Waals surface area contributed by atoms with Crippen molar-refractivity contribution in [3.8, 4) is 11.8 Å². The second-order valence-corrected chi connectivity index (χ2v) is 8.09. The van der Waals surface area contributed by atoms with Crippen LogP contribution in [0.4, 0.5) is 0 Å². The molecule has 1 aromatic heterocycles. The van der Waals surface area contributed by atoms with Crippen molar-refractivity contribution in [1.82, 2.24) is 0 Å². The zero-order valence-corrected chi connectivity index (χ0v) is 18.3. The summed E-state index contributed by atoms with van der Waals surface area (Å²) in [6.07, 6.45) is 11.1. The van der Waals surface area contributed by atoms with E-state index in [-0.39, 0.29) is 5.97 Å². The van der Waals surface area contributed by atoms with Gasteiger partial charge in [-0.25, -0.2) is 9.79 Å². The van der Waals surface area contributed by atoms with Crippen LogP contribution >= 0.6 is 11.3 Å². The van der Waals surface area contributed by atoms with Gasteiger partial charge in [0.15, 0.2) is 18.0 Å². The molecule has 0 amide bonds. The van der Waals surface area contributed by atoms with E-state index in [2.05, 4.69) is 23.8 Å². The van der Waals surface area contributed by atoms with E-state index in [1.54, 1.807) is 25.2 Å². The van der Waals surface area contributed by atoms with E-state index in [4.69, 9.17) is 9.47 Å². The number of rotatable bonds is 11. The lowest BCUT2D eigenvalue weighted by Crippen LogP contribution is -2.25. The summed E-state index contributed by atoms with van der Waals surface area (Å²) in [5.74, 6) is 6.71. The van der Waals surface area contributed by atoms with Gasteiger partial charge in [0.25, 0.3) is 0 Å². The standard InChI is InChI=1S/C23H33NO3S/c1-4-6-7-8-9-10-11-12-13-14-15-19-16-20(28-17-19)22-21(23(25)26-5-2)24-18(3)27-22/h16-17,21-22H,4-13H2,1-3H3. The highest BCUT2D eigenvalue weighted by molar-refractivity contribution is 7.10. The van der Waals surface area contributed by atoms with Gasteiger partial charge < -0.3 is 9.47 Å². The molecule has 0 N–H and O–H groups in total. The van der Waals surface area contributed by atoms with Gasteiger partial charge in [0.05, 0.1) is 6.61 Å². The number of aliphatic imine (C=N–C) groups is 1. The Morgan fingerprint density at radius 3 is 2.61 bits per heavy atom. The molecule has 0 saturated heterocycles. The number of ether oxygens (including phenoxy) is 2. The van der Waals surface area contributed by atoms with E-state index in [1.807, 2.05) is 11.4 Å². The number of esters is 1. The fourth-order valence-corrected chi connectivity index (χ4v) is 4.14. The first kappa shape index (κ1) is 22.5. The van der Waals surface area contributed by atoms with Crippen molar-refractivity contribution in [3.05, 3.63) is 21.9 Å². The Kier molecular flexibility index (Phi) is 10.1. The molecule has 0 fully saturated rings. The third-order valence-electron chi connectivity index (χ3n) is 4.72. The summed E-state index contributed by atoms with van der Waals surface area (Å²) in [6.45, 7) is 6.16. The van der Waals surface area contributed by atoms with E-state index >= 15 is 0 Å². The molecule has 0 bridgehead atoms. The predicted molar refractivity (Wildman–Crippen MR) is 116 cm³/mol. The molecule has 0 aromatic carbocycles. The molecule has 4 nitrogen and oxygen atoms in total. The summed E-state index contributed by atoms with van der Waals surface area (Å²) < 4.78 is 10.9. The van der Waals surface area contributed by atoms with Crippen molar-refractivity contribution in [2.24, 2.45) is 4.99 Å². The van der Waals surface area contributed by atoms with Gasteiger partial charge in [-0.15, -0.1) is 11.3 Å². The van der Waals surface area contributed by atoms with Gasteiger partial charge >= 0.3 is 5.97 Å². The number of hydrogen-bond donors (Lipinski definition) is 0. The minimum Gasteiger partial charge on any atom is -0.469 e. The van der Waals surface area contributed by atoms with Gasteiger partial charge in [0.2, 0.25) is 0 Å². The third kappa shape index (κ3) is 7.31. The first-order valence-electron chi connectivity index (χ1n) is 10.6. The summed E-state index contributed by atoms with van der Waals surface area (Å²) in [6, 6.07) is 1.40. The van der Waals surface area contributed by atoms with Crippen LogP contribution in [0.3, 0.4) is 0 Å².